The maximum absolute atomic E-state index is 4.92. The van der Waals surface area contributed by atoms with Crippen LogP contribution in [0.15, 0.2) is 11.8 Å². The molecule has 11 heavy (non-hydrogen) atoms. The number of hydrogen-bond donors (Lipinski definition) is 1. The van der Waals surface area contributed by atoms with Crippen LogP contribution in [0.3, 0.4) is 0 Å². The minimum absolute atomic E-state index is 0.771. The van der Waals surface area contributed by atoms with E-state index in [1.807, 2.05) is 0 Å². The van der Waals surface area contributed by atoms with Crippen LogP contribution in [0.25, 0.3) is 0 Å². The molecular weight excluding hydrogens is 138 g/mol. The van der Waals surface area contributed by atoms with Gasteiger partial charge >= 0.3 is 0 Å². The summed E-state index contributed by atoms with van der Waals surface area (Å²) < 4.78 is 0. The molecule has 0 rings (SSSR count). The highest BCUT2D eigenvalue weighted by Gasteiger charge is 1.94. The summed E-state index contributed by atoms with van der Waals surface area (Å²) in [4.78, 5) is 4.92. The van der Waals surface area contributed by atoms with Crippen LogP contribution in [-0.2, 0) is 4.84 Å². The Kier molecular flexibility index (Phi) is 5.94. The van der Waals surface area contributed by atoms with E-state index >= 15 is 0 Å². The van der Waals surface area contributed by atoms with E-state index in [1.54, 1.807) is 13.3 Å². The lowest BCUT2D eigenvalue weighted by Crippen LogP contribution is -2.01. The fourth-order valence-corrected chi connectivity index (χ4v) is 0.735. The third kappa shape index (κ3) is 7.40. The lowest BCUT2D eigenvalue weighted by molar-refractivity contribution is 0.155. The third-order valence-electron chi connectivity index (χ3n) is 1.49. The van der Waals surface area contributed by atoms with E-state index < -0.39 is 0 Å². The Balaban J connectivity index is 3.42. The summed E-state index contributed by atoms with van der Waals surface area (Å²) in [6.07, 6.45) is 4.12. The van der Waals surface area contributed by atoms with Gasteiger partial charge in [-0.2, -0.15) is 5.48 Å². The van der Waals surface area contributed by atoms with Crippen LogP contribution in [0.1, 0.15) is 33.6 Å². The van der Waals surface area contributed by atoms with Gasteiger partial charge in [-0.1, -0.05) is 13.8 Å². The Labute approximate surface area is 69.6 Å². The van der Waals surface area contributed by atoms with Crippen LogP contribution >= 0.6 is 0 Å². The molecule has 0 unspecified atom stereocenters. The smallest absolute Gasteiger partial charge is 0.110 e. The second-order valence-corrected chi connectivity index (χ2v) is 3.22. The van der Waals surface area contributed by atoms with E-state index in [0.29, 0.717) is 0 Å². The zero-order chi connectivity index (χ0) is 8.69. The van der Waals surface area contributed by atoms with E-state index in [4.69, 9.17) is 4.84 Å². The molecule has 0 aromatic rings. The van der Waals surface area contributed by atoms with Crippen LogP contribution in [0, 0.1) is 5.92 Å². The van der Waals surface area contributed by atoms with E-state index in [9.17, 15) is 0 Å². The minimum atomic E-state index is 0.771. The van der Waals surface area contributed by atoms with Gasteiger partial charge in [0.1, 0.15) is 6.26 Å². The van der Waals surface area contributed by atoms with Crippen molar-refractivity contribution in [2.24, 2.45) is 5.92 Å². The van der Waals surface area contributed by atoms with Crippen molar-refractivity contribution in [3.05, 3.63) is 11.8 Å². The number of rotatable bonds is 5. The first-order valence-corrected chi connectivity index (χ1v) is 4.15. The molecule has 0 fully saturated rings. The van der Waals surface area contributed by atoms with Crippen LogP contribution in [-0.4, -0.2) is 7.05 Å². The topological polar surface area (TPSA) is 21.3 Å². The first kappa shape index (κ1) is 10.5. The summed E-state index contributed by atoms with van der Waals surface area (Å²) in [5, 5.41) is 0. The molecule has 0 aliphatic rings. The van der Waals surface area contributed by atoms with Gasteiger partial charge < -0.3 is 4.84 Å². The van der Waals surface area contributed by atoms with Gasteiger partial charge in [-0.25, -0.2) is 0 Å². The highest BCUT2D eigenvalue weighted by Crippen LogP contribution is 2.10. The summed E-state index contributed by atoms with van der Waals surface area (Å²) in [6, 6.07) is 0. The second kappa shape index (κ2) is 6.23. The van der Waals surface area contributed by atoms with Gasteiger partial charge in [0.05, 0.1) is 0 Å². The predicted molar refractivity (Wildman–Crippen MR) is 48.0 cm³/mol. The van der Waals surface area contributed by atoms with Crippen LogP contribution in [0.2, 0.25) is 0 Å². The number of allylic oxidation sites excluding steroid dienone is 1. The van der Waals surface area contributed by atoms with Crippen molar-refractivity contribution in [2.75, 3.05) is 7.05 Å². The van der Waals surface area contributed by atoms with Gasteiger partial charge in [0, 0.05) is 7.05 Å². The first-order chi connectivity index (χ1) is 5.16. The molecular formula is C9H19NO. The maximum atomic E-state index is 4.92. The Hall–Kier alpha value is -0.500. The van der Waals surface area contributed by atoms with Gasteiger partial charge in [-0.15, -0.1) is 0 Å². The summed E-state index contributed by atoms with van der Waals surface area (Å²) in [6.45, 7) is 6.54. The molecule has 2 heteroatoms. The maximum Gasteiger partial charge on any atom is 0.110 e. The van der Waals surface area contributed by atoms with Gasteiger partial charge in [0.15, 0.2) is 0 Å². The van der Waals surface area contributed by atoms with Crippen LogP contribution in [0.5, 0.6) is 0 Å². The highest BCUT2D eigenvalue weighted by atomic mass is 16.6. The summed E-state index contributed by atoms with van der Waals surface area (Å²) in [5.41, 5.74) is 3.90. The fourth-order valence-electron chi connectivity index (χ4n) is 0.735. The summed E-state index contributed by atoms with van der Waals surface area (Å²) >= 11 is 0. The molecule has 0 saturated carbocycles. The fraction of sp³-hybridized carbons (Fsp3) is 0.778. The van der Waals surface area contributed by atoms with E-state index in [1.165, 1.54) is 12.0 Å². The van der Waals surface area contributed by atoms with Gasteiger partial charge in [-0.3, -0.25) is 0 Å². The molecule has 2 nitrogen and oxygen atoms in total. The standard InChI is InChI=1S/C9H19NO/c1-8(2)5-6-9(3)7-11-10-4/h7-8,10H,5-6H2,1-4H3/b9-7-. The zero-order valence-electron chi connectivity index (χ0n) is 7.98. The first-order valence-electron chi connectivity index (χ1n) is 4.15. The van der Waals surface area contributed by atoms with Gasteiger partial charge in [-0.05, 0) is 31.3 Å². The largest absolute Gasteiger partial charge is 0.417 e. The van der Waals surface area contributed by atoms with Crippen molar-refractivity contribution in [1.82, 2.24) is 5.48 Å². The molecule has 0 saturated heterocycles. The molecule has 0 aromatic carbocycles. The predicted octanol–water partition coefficient (Wildman–Crippen LogP) is 2.48. The van der Waals surface area contributed by atoms with Gasteiger partial charge in [0.25, 0.3) is 0 Å². The number of hydrogen-bond acceptors (Lipinski definition) is 2. The molecule has 0 amide bonds. The number of nitrogens with one attached hydrogen (secondary N) is 1. The molecule has 0 aromatic heterocycles. The molecule has 0 radical (unpaired) electrons. The summed E-state index contributed by atoms with van der Waals surface area (Å²) in [7, 11) is 1.76. The molecule has 0 aliphatic carbocycles. The monoisotopic (exact) mass is 157 g/mol. The van der Waals surface area contributed by atoms with Crippen molar-refractivity contribution in [2.45, 2.75) is 33.6 Å². The lowest BCUT2D eigenvalue weighted by Gasteiger charge is -2.04. The Morgan fingerprint density at radius 3 is 2.64 bits per heavy atom. The second-order valence-electron chi connectivity index (χ2n) is 3.22. The van der Waals surface area contributed by atoms with Crippen molar-refractivity contribution in [3.8, 4) is 0 Å². The molecule has 0 bridgehead atoms. The van der Waals surface area contributed by atoms with Crippen molar-refractivity contribution in [1.29, 1.82) is 0 Å². The van der Waals surface area contributed by atoms with E-state index in [2.05, 4.69) is 26.3 Å². The molecule has 0 atom stereocenters. The average Bonchev–Trinajstić information content (AvgIpc) is 1.97. The van der Waals surface area contributed by atoms with Crippen molar-refractivity contribution in [3.63, 3.8) is 0 Å². The third-order valence-corrected chi connectivity index (χ3v) is 1.49. The zero-order valence-corrected chi connectivity index (χ0v) is 7.98. The molecule has 1 N–H and O–H groups in total. The van der Waals surface area contributed by atoms with Crippen molar-refractivity contribution >= 4 is 0 Å². The molecule has 0 spiro atoms. The molecule has 66 valence electrons. The molecule has 0 aliphatic heterocycles. The van der Waals surface area contributed by atoms with E-state index in [-0.39, 0.29) is 0 Å². The quantitative estimate of drug-likeness (QED) is 0.489. The normalized spacial score (nSPS) is 12.3. The van der Waals surface area contributed by atoms with Crippen molar-refractivity contribution < 1.29 is 4.84 Å². The van der Waals surface area contributed by atoms with E-state index in [0.717, 1.165) is 12.3 Å². The lowest BCUT2D eigenvalue weighted by atomic mass is 10.0. The summed E-state index contributed by atoms with van der Waals surface area (Å²) in [5.74, 6) is 0.771. The Morgan fingerprint density at radius 1 is 1.55 bits per heavy atom. The SMILES string of the molecule is CNO/C=C(/C)CCC(C)C. The van der Waals surface area contributed by atoms with Gasteiger partial charge in [0.2, 0.25) is 0 Å². The average molecular weight is 157 g/mol. The number of hydroxylamine groups is 1. The van der Waals surface area contributed by atoms with Crippen LogP contribution < -0.4 is 5.48 Å². The minimum Gasteiger partial charge on any atom is -0.417 e. The Morgan fingerprint density at radius 2 is 2.18 bits per heavy atom. The molecule has 0 heterocycles. The Bertz CT molecular complexity index is 119. The highest BCUT2D eigenvalue weighted by molar-refractivity contribution is 4.92. The van der Waals surface area contributed by atoms with Crippen LogP contribution in [0.4, 0.5) is 0 Å².